The van der Waals surface area contributed by atoms with E-state index in [1.165, 1.54) is 18.2 Å². The number of amides is 2. The number of ether oxygens (including phenoxy) is 1. The van der Waals surface area contributed by atoms with Crippen molar-refractivity contribution in [1.29, 1.82) is 0 Å². The number of anilines is 2. The van der Waals surface area contributed by atoms with Crippen molar-refractivity contribution in [1.82, 2.24) is 9.97 Å². The molecule has 2 amide bonds. The second kappa shape index (κ2) is 7.68. The van der Waals surface area contributed by atoms with E-state index in [4.69, 9.17) is 4.74 Å². The largest absolute Gasteiger partial charge is 0.421 e. The summed E-state index contributed by atoms with van der Waals surface area (Å²) >= 11 is 0. The van der Waals surface area contributed by atoms with Gasteiger partial charge in [-0.25, -0.2) is 32.3 Å². The van der Waals surface area contributed by atoms with Gasteiger partial charge in [-0.3, -0.25) is 0 Å². The summed E-state index contributed by atoms with van der Waals surface area (Å²) in [7, 11) is 0. The third kappa shape index (κ3) is 4.29. The van der Waals surface area contributed by atoms with Crippen LogP contribution in [0.2, 0.25) is 0 Å². The molecule has 0 saturated heterocycles. The summed E-state index contributed by atoms with van der Waals surface area (Å²) in [6.07, 6.45) is 2.31. The number of carbonyl (C=O) groups is 1. The van der Waals surface area contributed by atoms with Crippen molar-refractivity contribution in [3.8, 4) is 11.8 Å². The first-order valence-corrected chi connectivity index (χ1v) is 7.40. The molecule has 1 aromatic heterocycles. The van der Waals surface area contributed by atoms with E-state index >= 15 is 0 Å². The van der Waals surface area contributed by atoms with Gasteiger partial charge in [0.15, 0.2) is 29.0 Å². The number of rotatable bonds is 4. The number of urea groups is 1. The van der Waals surface area contributed by atoms with E-state index in [1.54, 1.807) is 6.07 Å². The van der Waals surface area contributed by atoms with Gasteiger partial charge in [0.1, 0.15) is 0 Å². The van der Waals surface area contributed by atoms with Crippen molar-refractivity contribution in [2.45, 2.75) is 0 Å². The predicted octanol–water partition coefficient (Wildman–Crippen LogP) is 4.47. The van der Waals surface area contributed by atoms with E-state index in [1.807, 2.05) is 5.32 Å². The Morgan fingerprint density at radius 3 is 2.26 bits per heavy atom. The Balaban J connectivity index is 1.64. The number of hydrogen-bond acceptors (Lipinski definition) is 4. The quantitative estimate of drug-likeness (QED) is 0.519. The van der Waals surface area contributed by atoms with Crippen LogP contribution in [0, 0.1) is 23.3 Å². The van der Waals surface area contributed by atoms with Crippen molar-refractivity contribution in [3.05, 3.63) is 72.1 Å². The van der Waals surface area contributed by atoms with Crippen LogP contribution in [0.3, 0.4) is 0 Å². The Morgan fingerprint density at radius 2 is 1.56 bits per heavy atom. The first-order chi connectivity index (χ1) is 12.9. The van der Waals surface area contributed by atoms with Gasteiger partial charge in [0.2, 0.25) is 0 Å². The van der Waals surface area contributed by atoms with Gasteiger partial charge in [-0.1, -0.05) is 12.1 Å². The van der Waals surface area contributed by atoms with Gasteiger partial charge < -0.3 is 15.4 Å². The van der Waals surface area contributed by atoms with E-state index in [2.05, 4.69) is 15.3 Å². The number of aromatic nitrogens is 2. The van der Waals surface area contributed by atoms with Crippen LogP contribution in [0.1, 0.15) is 0 Å². The standard InChI is InChI=1S/C17H10F4N4O2/c18-10-3-1-2-4-13(10)27-17-22-7-9(8-23-17)24-16(26)25-12-6-5-11(19)14(20)15(12)21/h1-8H,(H2,24,25,26). The second-order valence-corrected chi connectivity index (χ2v) is 5.09. The third-order valence-corrected chi connectivity index (χ3v) is 3.21. The zero-order valence-electron chi connectivity index (χ0n) is 13.3. The Morgan fingerprint density at radius 1 is 0.852 bits per heavy atom. The highest BCUT2D eigenvalue weighted by Gasteiger charge is 2.15. The topological polar surface area (TPSA) is 76.1 Å². The molecule has 27 heavy (non-hydrogen) atoms. The van der Waals surface area contributed by atoms with Crippen molar-refractivity contribution >= 4 is 17.4 Å². The summed E-state index contributed by atoms with van der Waals surface area (Å²) in [6, 6.07) is 6.08. The molecule has 2 aromatic carbocycles. The molecule has 0 bridgehead atoms. The molecule has 3 aromatic rings. The SMILES string of the molecule is O=C(Nc1cnc(Oc2ccccc2F)nc1)Nc1ccc(F)c(F)c1F. The minimum atomic E-state index is -1.70. The fourth-order valence-corrected chi connectivity index (χ4v) is 1.97. The second-order valence-electron chi connectivity index (χ2n) is 5.09. The van der Waals surface area contributed by atoms with Crippen molar-refractivity contribution < 1.29 is 27.1 Å². The maximum Gasteiger partial charge on any atom is 0.323 e. The van der Waals surface area contributed by atoms with Gasteiger partial charge in [-0.15, -0.1) is 0 Å². The smallest absolute Gasteiger partial charge is 0.323 e. The number of halogens is 4. The molecule has 138 valence electrons. The lowest BCUT2D eigenvalue weighted by Crippen LogP contribution is -2.20. The average Bonchev–Trinajstić information content (AvgIpc) is 2.66. The maximum atomic E-state index is 13.5. The Bertz CT molecular complexity index is 983. The van der Waals surface area contributed by atoms with Gasteiger partial charge in [0.25, 0.3) is 0 Å². The Kier molecular flexibility index (Phi) is 5.15. The predicted molar refractivity (Wildman–Crippen MR) is 87.5 cm³/mol. The van der Waals surface area contributed by atoms with Crippen molar-refractivity contribution in [2.24, 2.45) is 0 Å². The highest BCUT2D eigenvalue weighted by molar-refractivity contribution is 5.99. The number of nitrogens with zero attached hydrogens (tertiary/aromatic N) is 2. The van der Waals surface area contributed by atoms with Crippen LogP contribution in [0.25, 0.3) is 0 Å². The Labute approximate surface area is 149 Å². The average molecular weight is 378 g/mol. The van der Waals surface area contributed by atoms with Crippen LogP contribution in [-0.4, -0.2) is 16.0 Å². The number of carbonyl (C=O) groups excluding carboxylic acids is 1. The van der Waals surface area contributed by atoms with Gasteiger partial charge >= 0.3 is 12.0 Å². The zero-order chi connectivity index (χ0) is 19.4. The van der Waals surface area contributed by atoms with Crippen LogP contribution in [0.4, 0.5) is 33.7 Å². The molecule has 0 saturated carbocycles. The molecule has 0 aliphatic carbocycles. The lowest BCUT2D eigenvalue weighted by atomic mass is 10.3. The number of hydrogen-bond donors (Lipinski definition) is 2. The normalized spacial score (nSPS) is 10.4. The molecule has 0 aliphatic rings. The number of nitrogens with one attached hydrogen (secondary N) is 2. The third-order valence-electron chi connectivity index (χ3n) is 3.21. The molecule has 0 aliphatic heterocycles. The highest BCUT2D eigenvalue weighted by Crippen LogP contribution is 2.22. The van der Waals surface area contributed by atoms with Gasteiger partial charge in [-0.2, -0.15) is 0 Å². The summed E-state index contributed by atoms with van der Waals surface area (Å²) < 4.78 is 58.2. The molecule has 0 fully saturated rings. The first kappa shape index (κ1) is 18.1. The number of benzene rings is 2. The molecule has 6 nitrogen and oxygen atoms in total. The maximum absolute atomic E-state index is 13.5. The van der Waals surface area contributed by atoms with Crippen LogP contribution in [-0.2, 0) is 0 Å². The van der Waals surface area contributed by atoms with Gasteiger partial charge in [-0.05, 0) is 24.3 Å². The van der Waals surface area contributed by atoms with Crippen LogP contribution in [0.15, 0.2) is 48.8 Å². The van der Waals surface area contributed by atoms with E-state index in [0.29, 0.717) is 6.07 Å². The van der Waals surface area contributed by atoms with E-state index in [0.717, 1.165) is 18.5 Å². The zero-order valence-corrected chi connectivity index (χ0v) is 13.3. The van der Waals surface area contributed by atoms with E-state index < -0.39 is 35.0 Å². The summed E-state index contributed by atoms with van der Waals surface area (Å²) in [5.74, 6) is -5.29. The molecule has 3 rings (SSSR count). The summed E-state index contributed by atoms with van der Waals surface area (Å²) in [6.45, 7) is 0. The molecule has 10 heteroatoms. The fourth-order valence-electron chi connectivity index (χ4n) is 1.97. The summed E-state index contributed by atoms with van der Waals surface area (Å²) in [5.41, 5.74) is -0.455. The van der Waals surface area contributed by atoms with Crippen LogP contribution < -0.4 is 15.4 Å². The monoisotopic (exact) mass is 378 g/mol. The molecule has 0 unspecified atom stereocenters. The molecular formula is C17H10F4N4O2. The molecular weight excluding hydrogens is 368 g/mol. The van der Waals surface area contributed by atoms with E-state index in [9.17, 15) is 22.4 Å². The van der Waals surface area contributed by atoms with E-state index in [-0.39, 0.29) is 17.4 Å². The number of para-hydroxylation sites is 1. The summed E-state index contributed by atoms with van der Waals surface area (Å²) in [5, 5.41) is 4.29. The molecule has 0 radical (unpaired) electrons. The van der Waals surface area contributed by atoms with Crippen LogP contribution >= 0.6 is 0 Å². The van der Waals surface area contributed by atoms with Gasteiger partial charge in [0.05, 0.1) is 23.8 Å². The first-order valence-electron chi connectivity index (χ1n) is 7.40. The van der Waals surface area contributed by atoms with Crippen molar-refractivity contribution in [3.63, 3.8) is 0 Å². The lowest BCUT2D eigenvalue weighted by Gasteiger charge is -2.09. The Hall–Kier alpha value is -3.69. The summed E-state index contributed by atoms with van der Waals surface area (Å²) in [4.78, 5) is 19.4. The molecule has 0 spiro atoms. The molecule has 0 atom stereocenters. The fraction of sp³-hybridized carbons (Fsp3) is 0. The molecule has 2 N–H and O–H groups in total. The minimum Gasteiger partial charge on any atom is -0.421 e. The minimum absolute atomic E-state index is 0.0789. The van der Waals surface area contributed by atoms with Crippen LogP contribution in [0.5, 0.6) is 11.8 Å². The highest BCUT2D eigenvalue weighted by atomic mass is 19.2. The van der Waals surface area contributed by atoms with Crippen molar-refractivity contribution in [2.75, 3.05) is 10.6 Å². The lowest BCUT2D eigenvalue weighted by molar-refractivity contribution is 0.262. The molecule has 1 heterocycles. The van der Waals surface area contributed by atoms with Gasteiger partial charge in [0, 0.05) is 0 Å².